The molecule has 0 unspecified atom stereocenters. The number of carbonyl (C=O) groups is 1. The molecule has 0 bridgehead atoms. The van der Waals surface area contributed by atoms with Gasteiger partial charge in [0.15, 0.2) is 0 Å². The third kappa shape index (κ3) is 3.77. The van der Waals surface area contributed by atoms with E-state index in [1.54, 1.807) is 31.4 Å². The minimum Gasteiger partial charge on any atom is -0.381 e. The molecule has 2 saturated heterocycles. The van der Waals surface area contributed by atoms with Crippen molar-refractivity contribution >= 4 is 5.91 Å². The SMILES string of the molecule is COC1CCN(C2CCN(C(=O)c3cccc(C#N)c3)CC2)CC1. The monoisotopic (exact) mass is 327 g/mol. The van der Waals surface area contributed by atoms with Crippen LogP contribution < -0.4 is 0 Å². The lowest BCUT2D eigenvalue weighted by molar-refractivity contribution is 0.0145. The lowest BCUT2D eigenvalue weighted by atomic mass is 9.98. The summed E-state index contributed by atoms with van der Waals surface area (Å²) in [5, 5.41) is 8.98. The van der Waals surface area contributed by atoms with Gasteiger partial charge in [0.25, 0.3) is 5.91 Å². The average molecular weight is 327 g/mol. The van der Waals surface area contributed by atoms with Crippen molar-refractivity contribution in [2.45, 2.75) is 37.8 Å². The van der Waals surface area contributed by atoms with Crippen LogP contribution in [0.5, 0.6) is 0 Å². The fourth-order valence-electron chi connectivity index (χ4n) is 3.82. The van der Waals surface area contributed by atoms with Gasteiger partial charge in [-0.3, -0.25) is 4.79 Å². The van der Waals surface area contributed by atoms with Crippen LogP contribution in [0.3, 0.4) is 0 Å². The number of likely N-dealkylation sites (tertiary alicyclic amines) is 2. The summed E-state index contributed by atoms with van der Waals surface area (Å²) < 4.78 is 5.44. The first-order chi connectivity index (χ1) is 11.7. The van der Waals surface area contributed by atoms with Crippen molar-refractivity contribution in [2.75, 3.05) is 33.3 Å². The summed E-state index contributed by atoms with van der Waals surface area (Å²) in [6, 6.07) is 9.66. The molecule has 1 aromatic rings. The Morgan fingerprint density at radius 3 is 2.50 bits per heavy atom. The Labute approximate surface area is 143 Å². The number of piperidine rings is 2. The zero-order valence-corrected chi connectivity index (χ0v) is 14.3. The highest BCUT2D eigenvalue weighted by Gasteiger charge is 2.29. The Morgan fingerprint density at radius 2 is 1.88 bits per heavy atom. The second-order valence-corrected chi connectivity index (χ2v) is 6.69. The summed E-state index contributed by atoms with van der Waals surface area (Å²) in [5.74, 6) is 0.0450. The number of rotatable bonds is 3. The van der Waals surface area contributed by atoms with E-state index in [-0.39, 0.29) is 5.91 Å². The van der Waals surface area contributed by atoms with E-state index in [9.17, 15) is 4.79 Å². The third-order valence-corrected chi connectivity index (χ3v) is 5.32. The molecule has 0 radical (unpaired) electrons. The molecule has 128 valence electrons. The highest BCUT2D eigenvalue weighted by molar-refractivity contribution is 5.94. The van der Waals surface area contributed by atoms with Gasteiger partial charge in [-0.15, -0.1) is 0 Å². The minimum atomic E-state index is 0.0450. The van der Waals surface area contributed by atoms with Crippen LogP contribution in [0, 0.1) is 11.3 Å². The van der Waals surface area contributed by atoms with E-state index < -0.39 is 0 Å². The molecule has 0 spiro atoms. The van der Waals surface area contributed by atoms with Crippen molar-refractivity contribution in [1.29, 1.82) is 5.26 Å². The highest BCUT2D eigenvalue weighted by atomic mass is 16.5. The maximum atomic E-state index is 12.6. The number of methoxy groups -OCH3 is 1. The van der Waals surface area contributed by atoms with Gasteiger partial charge in [0.05, 0.1) is 17.7 Å². The van der Waals surface area contributed by atoms with Gasteiger partial charge in [-0.05, 0) is 43.9 Å². The maximum Gasteiger partial charge on any atom is 0.253 e. The molecule has 0 atom stereocenters. The molecule has 0 aliphatic carbocycles. The van der Waals surface area contributed by atoms with Crippen LogP contribution in [0.15, 0.2) is 24.3 Å². The molecular weight excluding hydrogens is 302 g/mol. The van der Waals surface area contributed by atoms with Gasteiger partial charge in [-0.25, -0.2) is 0 Å². The number of nitriles is 1. The van der Waals surface area contributed by atoms with Crippen LogP contribution in [-0.4, -0.2) is 61.1 Å². The van der Waals surface area contributed by atoms with Crippen LogP contribution in [0.1, 0.15) is 41.6 Å². The highest BCUT2D eigenvalue weighted by Crippen LogP contribution is 2.23. The van der Waals surface area contributed by atoms with E-state index in [2.05, 4.69) is 11.0 Å². The normalized spacial score (nSPS) is 20.8. The quantitative estimate of drug-likeness (QED) is 0.854. The van der Waals surface area contributed by atoms with Crippen molar-refractivity contribution in [1.82, 2.24) is 9.80 Å². The smallest absolute Gasteiger partial charge is 0.253 e. The molecule has 0 N–H and O–H groups in total. The minimum absolute atomic E-state index is 0.0450. The first kappa shape index (κ1) is 16.9. The summed E-state index contributed by atoms with van der Waals surface area (Å²) in [4.78, 5) is 17.1. The predicted molar refractivity (Wildman–Crippen MR) is 91.7 cm³/mol. The standard InChI is InChI=1S/C19H25N3O2/c1-24-18-7-11-21(12-8-18)17-5-9-22(10-6-17)19(23)16-4-2-3-15(13-16)14-20/h2-4,13,17-18H,5-12H2,1H3. The summed E-state index contributed by atoms with van der Waals surface area (Å²) in [7, 11) is 1.80. The molecule has 2 fully saturated rings. The third-order valence-electron chi connectivity index (χ3n) is 5.32. The summed E-state index contributed by atoms with van der Waals surface area (Å²) >= 11 is 0. The van der Waals surface area contributed by atoms with Gasteiger partial charge in [0, 0.05) is 44.9 Å². The molecule has 0 aromatic heterocycles. The van der Waals surface area contributed by atoms with Gasteiger partial charge in [-0.2, -0.15) is 5.26 Å². The Bertz CT molecular complexity index is 609. The Balaban J connectivity index is 1.53. The van der Waals surface area contributed by atoms with Crippen LogP contribution >= 0.6 is 0 Å². The number of nitrogens with zero attached hydrogens (tertiary/aromatic N) is 3. The van der Waals surface area contributed by atoms with Gasteiger partial charge in [-0.1, -0.05) is 6.07 Å². The van der Waals surface area contributed by atoms with E-state index in [4.69, 9.17) is 10.00 Å². The van der Waals surface area contributed by atoms with Crippen molar-refractivity contribution < 1.29 is 9.53 Å². The Morgan fingerprint density at radius 1 is 1.17 bits per heavy atom. The fourth-order valence-corrected chi connectivity index (χ4v) is 3.82. The molecule has 24 heavy (non-hydrogen) atoms. The van der Waals surface area contributed by atoms with Gasteiger partial charge in [0.2, 0.25) is 0 Å². The summed E-state index contributed by atoms with van der Waals surface area (Å²) in [6.45, 7) is 3.79. The largest absolute Gasteiger partial charge is 0.381 e. The molecule has 1 amide bonds. The molecule has 5 heteroatoms. The first-order valence-corrected chi connectivity index (χ1v) is 8.77. The molecule has 3 rings (SSSR count). The average Bonchev–Trinajstić information content (AvgIpc) is 2.67. The fraction of sp³-hybridized carbons (Fsp3) is 0.579. The van der Waals surface area contributed by atoms with Crippen molar-refractivity contribution in [3.63, 3.8) is 0 Å². The van der Waals surface area contributed by atoms with Crippen molar-refractivity contribution in [3.05, 3.63) is 35.4 Å². The summed E-state index contributed by atoms with van der Waals surface area (Å²) in [5.41, 5.74) is 1.16. The van der Waals surface area contributed by atoms with Crippen molar-refractivity contribution in [3.8, 4) is 6.07 Å². The molecular formula is C19H25N3O2. The second kappa shape index (κ2) is 7.78. The summed E-state index contributed by atoms with van der Waals surface area (Å²) in [6.07, 6.45) is 4.69. The van der Waals surface area contributed by atoms with Gasteiger partial charge < -0.3 is 14.5 Å². The lowest BCUT2D eigenvalue weighted by Crippen LogP contribution is -2.49. The predicted octanol–water partition coefficient (Wildman–Crippen LogP) is 2.27. The Kier molecular flexibility index (Phi) is 5.49. The number of hydrogen-bond acceptors (Lipinski definition) is 4. The van der Waals surface area contributed by atoms with E-state index in [1.165, 1.54) is 0 Å². The Hall–Kier alpha value is -1.90. The van der Waals surface area contributed by atoms with E-state index in [0.717, 1.165) is 51.9 Å². The molecule has 1 aromatic carbocycles. The van der Waals surface area contributed by atoms with Crippen LogP contribution in [0.25, 0.3) is 0 Å². The number of hydrogen-bond donors (Lipinski definition) is 0. The zero-order valence-electron chi connectivity index (χ0n) is 14.3. The lowest BCUT2D eigenvalue weighted by Gasteiger charge is -2.41. The number of benzene rings is 1. The van der Waals surface area contributed by atoms with E-state index >= 15 is 0 Å². The van der Waals surface area contributed by atoms with Gasteiger partial charge >= 0.3 is 0 Å². The van der Waals surface area contributed by atoms with Crippen LogP contribution in [0.2, 0.25) is 0 Å². The second-order valence-electron chi connectivity index (χ2n) is 6.69. The molecule has 2 aliphatic rings. The number of amides is 1. The zero-order chi connectivity index (χ0) is 16.9. The van der Waals surface area contributed by atoms with Crippen LogP contribution in [0.4, 0.5) is 0 Å². The maximum absolute atomic E-state index is 12.6. The number of ether oxygens (including phenoxy) is 1. The van der Waals surface area contributed by atoms with E-state index in [0.29, 0.717) is 23.3 Å². The van der Waals surface area contributed by atoms with Crippen molar-refractivity contribution in [2.24, 2.45) is 0 Å². The van der Waals surface area contributed by atoms with Gasteiger partial charge in [0.1, 0.15) is 0 Å². The van der Waals surface area contributed by atoms with E-state index in [1.807, 2.05) is 4.90 Å². The molecule has 2 heterocycles. The molecule has 5 nitrogen and oxygen atoms in total. The number of carbonyl (C=O) groups excluding carboxylic acids is 1. The topological polar surface area (TPSA) is 56.6 Å². The molecule has 0 saturated carbocycles. The first-order valence-electron chi connectivity index (χ1n) is 8.77. The molecule has 2 aliphatic heterocycles. The van der Waals surface area contributed by atoms with Crippen LogP contribution in [-0.2, 0) is 4.74 Å².